The molecule has 0 aliphatic carbocycles. The summed E-state index contributed by atoms with van der Waals surface area (Å²) in [6.07, 6.45) is 1.60. The van der Waals surface area contributed by atoms with E-state index in [0.717, 1.165) is 13.0 Å². The zero-order chi connectivity index (χ0) is 9.78. The molecule has 0 aromatic rings. The third kappa shape index (κ3) is 2.21. The number of hydrogen-bond acceptors (Lipinski definition) is 2. The van der Waals surface area contributed by atoms with Crippen LogP contribution in [-0.4, -0.2) is 35.1 Å². The maximum atomic E-state index is 11.0. The lowest BCUT2D eigenvalue weighted by Crippen LogP contribution is -2.50. The lowest BCUT2D eigenvalue weighted by Gasteiger charge is -2.33. The molecule has 0 aromatic carbocycles. The number of rotatable bonds is 5. The van der Waals surface area contributed by atoms with Crippen LogP contribution >= 0.6 is 0 Å². The highest BCUT2D eigenvalue weighted by atomic mass is 16.4. The Morgan fingerprint density at radius 3 is 2.25 bits per heavy atom. The second-order valence-corrected chi connectivity index (χ2v) is 3.34. The predicted octanol–water partition coefficient (Wildman–Crippen LogP) is 1.58. The first kappa shape index (κ1) is 11.4. The number of nitrogens with zero attached hydrogens (tertiary/aromatic N) is 1. The number of likely N-dealkylation sites (N-methyl/N-ethyl adjacent to an activating group) is 1. The summed E-state index contributed by atoms with van der Waals surface area (Å²) >= 11 is 0. The molecule has 0 aliphatic heterocycles. The maximum absolute atomic E-state index is 11.0. The van der Waals surface area contributed by atoms with Gasteiger partial charge in [-0.15, -0.1) is 0 Å². The molecule has 3 heteroatoms. The van der Waals surface area contributed by atoms with Gasteiger partial charge < -0.3 is 5.11 Å². The zero-order valence-corrected chi connectivity index (χ0v) is 8.42. The highest BCUT2D eigenvalue weighted by Crippen LogP contribution is 2.19. The Bertz CT molecular complexity index is 159. The van der Waals surface area contributed by atoms with Crippen molar-refractivity contribution in [2.75, 3.05) is 13.6 Å². The molecule has 1 unspecified atom stereocenters. The van der Waals surface area contributed by atoms with Crippen molar-refractivity contribution in [3.63, 3.8) is 0 Å². The highest BCUT2D eigenvalue weighted by Gasteiger charge is 2.35. The van der Waals surface area contributed by atoms with Crippen molar-refractivity contribution in [3.05, 3.63) is 0 Å². The number of carbonyl (C=O) groups is 1. The summed E-state index contributed by atoms with van der Waals surface area (Å²) in [5, 5.41) is 9.02. The largest absolute Gasteiger partial charge is 0.480 e. The van der Waals surface area contributed by atoms with Crippen molar-refractivity contribution >= 4 is 5.97 Å². The van der Waals surface area contributed by atoms with Gasteiger partial charge in [-0.25, -0.2) is 0 Å². The van der Waals surface area contributed by atoms with Crippen molar-refractivity contribution in [1.82, 2.24) is 4.90 Å². The molecule has 0 fully saturated rings. The zero-order valence-electron chi connectivity index (χ0n) is 8.42. The van der Waals surface area contributed by atoms with Crippen molar-refractivity contribution in [1.29, 1.82) is 0 Å². The fraction of sp³-hybridized carbons (Fsp3) is 0.889. The summed E-state index contributed by atoms with van der Waals surface area (Å²) < 4.78 is 0. The average Bonchev–Trinajstić information content (AvgIpc) is 2.03. The van der Waals surface area contributed by atoms with E-state index in [9.17, 15) is 4.79 Å². The van der Waals surface area contributed by atoms with Crippen LogP contribution in [-0.2, 0) is 4.79 Å². The second kappa shape index (κ2) is 4.45. The molecule has 0 radical (unpaired) electrons. The lowest BCUT2D eigenvalue weighted by molar-refractivity contribution is -0.150. The van der Waals surface area contributed by atoms with E-state index < -0.39 is 11.5 Å². The first-order valence-corrected chi connectivity index (χ1v) is 4.43. The molecule has 1 atom stereocenters. The second-order valence-electron chi connectivity index (χ2n) is 3.34. The monoisotopic (exact) mass is 173 g/mol. The standard InChI is InChI=1S/C9H19NO2/c1-5-7-9(3,8(11)12)10(4)6-2/h5-7H2,1-4H3,(H,11,12). The molecule has 0 saturated heterocycles. The van der Waals surface area contributed by atoms with Crippen molar-refractivity contribution < 1.29 is 9.90 Å². The van der Waals surface area contributed by atoms with Gasteiger partial charge in [0.2, 0.25) is 0 Å². The molecule has 72 valence electrons. The Morgan fingerprint density at radius 1 is 1.50 bits per heavy atom. The third-order valence-corrected chi connectivity index (χ3v) is 2.51. The van der Waals surface area contributed by atoms with Crippen LogP contribution in [0.25, 0.3) is 0 Å². The quantitative estimate of drug-likeness (QED) is 0.686. The van der Waals surface area contributed by atoms with Gasteiger partial charge in [0.05, 0.1) is 0 Å². The van der Waals surface area contributed by atoms with Gasteiger partial charge in [-0.1, -0.05) is 20.3 Å². The molecule has 1 N–H and O–H groups in total. The summed E-state index contributed by atoms with van der Waals surface area (Å²) in [7, 11) is 1.85. The Hall–Kier alpha value is -0.570. The van der Waals surface area contributed by atoms with E-state index in [1.165, 1.54) is 0 Å². The van der Waals surface area contributed by atoms with E-state index in [1.807, 2.05) is 25.8 Å². The van der Waals surface area contributed by atoms with Crippen molar-refractivity contribution in [2.45, 2.75) is 39.2 Å². The van der Waals surface area contributed by atoms with Gasteiger partial charge in [0, 0.05) is 0 Å². The topological polar surface area (TPSA) is 40.5 Å². The van der Waals surface area contributed by atoms with E-state index in [2.05, 4.69) is 0 Å². The normalized spacial score (nSPS) is 16.1. The van der Waals surface area contributed by atoms with Crippen LogP contribution in [0.3, 0.4) is 0 Å². The molecule has 0 aliphatic rings. The molecule has 0 heterocycles. The van der Waals surface area contributed by atoms with Gasteiger partial charge in [0.1, 0.15) is 5.54 Å². The van der Waals surface area contributed by atoms with Gasteiger partial charge in [-0.2, -0.15) is 0 Å². The Balaban J connectivity index is 4.48. The molecular weight excluding hydrogens is 154 g/mol. The van der Waals surface area contributed by atoms with Crippen LogP contribution in [0.4, 0.5) is 0 Å². The summed E-state index contributed by atoms with van der Waals surface area (Å²) in [4.78, 5) is 12.8. The van der Waals surface area contributed by atoms with Crippen molar-refractivity contribution in [2.24, 2.45) is 0 Å². The van der Waals surface area contributed by atoms with E-state index >= 15 is 0 Å². The smallest absolute Gasteiger partial charge is 0.323 e. The highest BCUT2D eigenvalue weighted by molar-refractivity contribution is 5.78. The molecule has 0 rings (SSSR count). The van der Waals surface area contributed by atoms with Crippen LogP contribution < -0.4 is 0 Å². The van der Waals surface area contributed by atoms with Gasteiger partial charge in [-0.3, -0.25) is 9.69 Å². The summed E-state index contributed by atoms with van der Waals surface area (Å²) in [5.41, 5.74) is -0.691. The van der Waals surface area contributed by atoms with Gasteiger partial charge in [0.25, 0.3) is 0 Å². The SMILES string of the molecule is CCCC(C)(C(=O)O)N(C)CC. The molecular formula is C9H19NO2. The van der Waals surface area contributed by atoms with Crippen molar-refractivity contribution in [3.8, 4) is 0 Å². The van der Waals surface area contributed by atoms with E-state index in [-0.39, 0.29) is 0 Å². The first-order valence-electron chi connectivity index (χ1n) is 4.43. The van der Waals surface area contributed by atoms with E-state index in [1.54, 1.807) is 6.92 Å². The Kier molecular flexibility index (Phi) is 4.24. The summed E-state index contributed by atoms with van der Waals surface area (Å²) in [5.74, 6) is -0.728. The van der Waals surface area contributed by atoms with E-state index in [0.29, 0.717) is 6.42 Å². The fourth-order valence-electron chi connectivity index (χ4n) is 1.30. The summed E-state index contributed by atoms with van der Waals surface area (Å²) in [6.45, 7) is 6.52. The molecule has 3 nitrogen and oxygen atoms in total. The third-order valence-electron chi connectivity index (χ3n) is 2.51. The van der Waals surface area contributed by atoms with Gasteiger partial charge >= 0.3 is 5.97 Å². The Morgan fingerprint density at radius 2 is 2.00 bits per heavy atom. The van der Waals surface area contributed by atoms with Gasteiger partial charge in [0.15, 0.2) is 0 Å². The lowest BCUT2D eigenvalue weighted by atomic mass is 9.94. The fourth-order valence-corrected chi connectivity index (χ4v) is 1.30. The number of carboxylic acids is 1. The van der Waals surface area contributed by atoms with Crippen LogP contribution in [0.2, 0.25) is 0 Å². The molecule has 12 heavy (non-hydrogen) atoms. The summed E-state index contributed by atoms with van der Waals surface area (Å²) in [6, 6.07) is 0. The number of aliphatic carboxylic acids is 1. The predicted molar refractivity (Wildman–Crippen MR) is 49.3 cm³/mol. The van der Waals surface area contributed by atoms with Crippen LogP contribution in [0.5, 0.6) is 0 Å². The van der Waals surface area contributed by atoms with Crippen LogP contribution in [0, 0.1) is 0 Å². The molecule has 0 spiro atoms. The minimum Gasteiger partial charge on any atom is -0.480 e. The maximum Gasteiger partial charge on any atom is 0.323 e. The van der Waals surface area contributed by atoms with Crippen LogP contribution in [0.1, 0.15) is 33.6 Å². The Labute approximate surface area is 74.4 Å². The molecule has 0 aromatic heterocycles. The van der Waals surface area contributed by atoms with Gasteiger partial charge in [-0.05, 0) is 26.9 Å². The number of carboxylic acid groups (broad SMARTS) is 1. The molecule has 0 saturated carbocycles. The molecule has 0 bridgehead atoms. The van der Waals surface area contributed by atoms with Crippen LogP contribution in [0.15, 0.2) is 0 Å². The minimum absolute atomic E-state index is 0.691. The molecule has 0 amide bonds. The average molecular weight is 173 g/mol. The first-order chi connectivity index (χ1) is 5.49. The van der Waals surface area contributed by atoms with E-state index in [4.69, 9.17) is 5.11 Å². The minimum atomic E-state index is -0.728. The number of hydrogen-bond donors (Lipinski definition) is 1.